The van der Waals surface area contributed by atoms with Gasteiger partial charge in [0.2, 0.25) is 5.28 Å². The molecule has 3 heterocycles. The lowest BCUT2D eigenvalue weighted by Gasteiger charge is -2.31. The second-order valence-electron chi connectivity index (χ2n) is 6.92. The van der Waals surface area contributed by atoms with Gasteiger partial charge in [0.25, 0.3) is 0 Å². The van der Waals surface area contributed by atoms with Crippen LogP contribution in [0, 0.1) is 12.7 Å². The number of halogens is 2. The Kier molecular flexibility index (Phi) is 4.29. The number of rotatable bonds is 2. The Hall–Kier alpha value is -2.50. The van der Waals surface area contributed by atoms with Crippen LogP contribution in [0.3, 0.4) is 0 Å². The molecule has 1 aliphatic rings. The maximum atomic E-state index is 13.5. The van der Waals surface area contributed by atoms with E-state index in [1.165, 1.54) is 23.4 Å². The third-order valence-electron chi connectivity index (χ3n) is 5.18. The topological polar surface area (TPSA) is 29.0 Å². The zero-order valence-corrected chi connectivity index (χ0v) is 16.8. The molecule has 28 heavy (non-hydrogen) atoms. The molecule has 4 aromatic rings. The number of hydrogen-bond donors (Lipinski definition) is 0. The lowest BCUT2D eigenvalue weighted by atomic mass is 10.00. The minimum absolute atomic E-state index is 0.245. The molecule has 3 nitrogen and oxygen atoms in total. The average Bonchev–Trinajstić information content (AvgIpc) is 3.03. The van der Waals surface area contributed by atoms with Gasteiger partial charge in [0.15, 0.2) is 0 Å². The lowest BCUT2D eigenvalue weighted by molar-refractivity contribution is 0.628. The second-order valence-corrected chi connectivity index (χ2v) is 8.46. The van der Waals surface area contributed by atoms with Crippen molar-refractivity contribution >= 4 is 44.7 Å². The maximum Gasteiger partial charge on any atom is 0.225 e. The highest BCUT2D eigenvalue weighted by Crippen LogP contribution is 2.45. The van der Waals surface area contributed by atoms with Crippen LogP contribution in [0.25, 0.3) is 21.3 Å². The van der Waals surface area contributed by atoms with Crippen molar-refractivity contribution in [1.29, 1.82) is 0 Å². The number of thiophene rings is 1. The van der Waals surface area contributed by atoms with Crippen LogP contribution < -0.4 is 4.90 Å². The van der Waals surface area contributed by atoms with Crippen LogP contribution in [0.15, 0.2) is 48.5 Å². The summed E-state index contributed by atoms with van der Waals surface area (Å²) in [6.45, 7) is 2.93. The van der Waals surface area contributed by atoms with Gasteiger partial charge in [-0.1, -0.05) is 30.3 Å². The van der Waals surface area contributed by atoms with Gasteiger partial charge < -0.3 is 4.90 Å². The largest absolute Gasteiger partial charge is 0.325 e. The molecule has 140 valence electrons. The van der Waals surface area contributed by atoms with Gasteiger partial charge in [-0.2, -0.15) is 4.98 Å². The summed E-state index contributed by atoms with van der Waals surface area (Å²) in [6, 6.07) is 15.0. The van der Waals surface area contributed by atoms with E-state index in [1.54, 1.807) is 11.3 Å². The fraction of sp³-hybridized carbons (Fsp3) is 0.182. The number of benzene rings is 2. The summed E-state index contributed by atoms with van der Waals surface area (Å²) >= 11 is 7.90. The summed E-state index contributed by atoms with van der Waals surface area (Å²) < 4.78 is 13.5. The maximum absolute atomic E-state index is 13.5. The highest BCUT2D eigenvalue weighted by Gasteiger charge is 2.25. The van der Waals surface area contributed by atoms with Gasteiger partial charge in [0.05, 0.1) is 5.39 Å². The molecular formula is C22H17ClFN3S. The standard InChI is InChI=1S/C22H17ClFN3S/c1-13-18(15-8-10-16(24)11-9-15)19-20(25-22(23)26-21(19)28-13)27-12-4-6-14-5-2-3-7-17(14)27/h2-3,5,7-11H,4,6,12H2,1H3. The van der Waals surface area contributed by atoms with Crippen molar-refractivity contribution in [3.63, 3.8) is 0 Å². The summed E-state index contributed by atoms with van der Waals surface area (Å²) in [7, 11) is 0. The van der Waals surface area contributed by atoms with Gasteiger partial charge in [0, 0.05) is 22.7 Å². The molecule has 6 heteroatoms. The van der Waals surface area contributed by atoms with Crippen molar-refractivity contribution in [2.75, 3.05) is 11.4 Å². The molecule has 0 spiro atoms. The van der Waals surface area contributed by atoms with E-state index < -0.39 is 0 Å². The van der Waals surface area contributed by atoms with E-state index in [-0.39, 0.29) is 11.1 Å². The molecule has 0 fully saturated rings. The Balaban J connectivity index is 1.79. The summed E-state index contributed by atoms with van der Waals surface area (Å²) in [4.78, 5) is 13.4. The van der Waals surface area contributed by atoms with Gasteiger partial charge in [0.1, 0.15) is 16.5 Å². The fourth-order valence-corrected chi connectivity index (χ4v) is 5.24. The van der Waals surface area contributed by atoms with Crippen molar-refractivity contribution in [2.24, 2.45) is 0 Å². The highest BCUT2D eigenvalue weighted by atomic mass is 35.5. The third kappa shape index (κ3) is 2.86. The SMILES string of the molecule is Cc1sc2nc(Cl)nc(N3CCCc4ccccc43)c2c1-c1ccc(F)cc1. The van der Waals surface area contributed by atoms with Crippen molar-refractivity contribution in [3.05, 3.63) is 70.1 Å². The molecule has 2 aromatic heterocycles. The number of fused-ring (bicyclic) bond motifs is 2. The number of aromatic nitrogens is 2. The van der Waals surface area contributed by atoms with E-state index in [2.05, 4.69) is 46.1 Å². The van der Waals surface area contributed by atoms with Gasteiger partial charge in [-0.05, 0) is 60.7 Å². The molecule has 0 N–H and O–H groups in total. The highest BCUT2D eigenvalue weighted by molar-refractivity contribution is 7.19. The summed E-state index contributed by atoms with van der Waals surface area (Å²) in [6.07, 6.45) is 2.11. The Morgan fingerprint density at radius 2 is 1.86 bits per heavy atom. The molecule has 5 rings (SSSR count). The van der Waals surface area contributed by atoms with Crippen molar-refractivity contribution in [2.45, 2.75) is 19.8 Å². The zero-order chi connectivity index (χ0) is 19.3. The molecular weight excluding hydrogens is 393 g/mol. The van der Waals surface area contributed by atoms with Gasteiger partial charge in [-0.15, -0.1) is 11.3 Å². The fourth-order valence-electron chi connectivity index (χ4n) is 3.98. The average molecular weight is 410 g/mol. The zero-order valence-electron chi connectivity index (χ0n) is 15.2. The van der Waals surface area contributed by atoms with Crippen LogP contribution in [0.1, 0.15) is 16.9 Å². The summed E-state index contributed by atoms with van der Waals surface area (Å²) in [5.41, 5.74) is 4.49. The molecule has 0 saturated carbocycles. The van der Waals surface area contributed by atoms with Gasteiger partial charge in [-0.3, -0.25) is 0 Å². The number of nitrogens with zero attached hydrogens (tertiary/aromatic N) is 3. The van der Waals surface area contributed by atoms with Crippen LogP contribution >= 0.6 is 22.9 Å². The number of hydrogen-bond acceptors (Lipinski definition) is 4. The number of para-hydroxylation sites is 1. The Morgan fingerprint density at radius 1 is 1.07 bits per heavy atom. The Morgan fingerprint density at radius 3 is 2.68 bits per heavy atom. The van der Waals surface area contributed by atoms with Crippen molar-refractivity contribution < 1.29 is 4.39 Å². The predicted molar refractivity (Wildman–Crippen MR) is 114 cm³/mol. The second kappa shape index (κ2) is 6.83. The smallest absolute Gasteiger partial charge is 0.225 e. The van der Waals surface area contributed by atoms with E-state index in [1.807, 2.05) is 12.1 Å². The molecule has 0 radical (unpaired) electrons. The van der Waals surface area contributed by atoms with Gasteiger partial charge in [-0.25, -0.2) is 9.37 Å². The Labute approximate surface area is 171 Å². The summed E-state index contributed by atoms with van der Waals surface area (Å²) in [5, 5.41) is 1.23. The van der Waals surface area contributed by atoms with E-state index >= 15 is 0 Å². The molecule has 0 unspecified atom stereocenters. The van der Waals surface area contributed by atoms with Crippen molar-refractivity contribution in [1.82, 2.24) is 9.97 Å². The number of anilines is 2. The molecule has 1 aliphatic heterocycles. The van der Waals surface area contributed by atoms with E-state index in [0.29, 0.717) is 0 Å². The molecule has 0 bridgehead atoms. The first kappa shape index (κ1) is 17.6. The first-order chi connectivity index (χ1) is 13.6. The third-order valence-corrected chi connectivity index (χ3v) is 6.35. The van der Waals surface area contributed by atoms with Crippen LogP contribution in [-0.2, 0) is 6.42 Å². The molecule has 0 atom stereocenters. The molecule has 2 aromatic carbocycles. The van der Waals surface area contributed by atoms with Crippen LogP contribution in [0.2, 0.25) is 5.28 Å². The first-order valence-corrected chi connectivity index (χ1v) is 10.4. The molecule has 0 saturated heterocycles. The minimum atomic E-state index is -0.245. The normalized spacial score (nSPS) is 13.8. The van der Waals surface area contributed by atoms with E-state index in [0.717, 1.165) is 51.4 Å². The van der Waals surface area contributed by atoms with E-state index in [9.17, 15) is 4.39 Å². The van der Waals surface area contributed by atoms with Crippen LogP contribution in [0.5, 0.6) is 0 Å². The Bertz CT molecular complexity index is 1190. The first-order valence-electron chi connectivity index (χ1n) is 9.20. The monoisotopic (exact) mass is 409 g/mol. The van der Waals surface area contributed by atoms with Crippen LogP contribution in [-0.4, -0.2) is 16.5 Å². The quantitative estimate of drug-likeness (QED) is 0.352. The van der Waals surface area contributed by atoms with Gasteiger partial charge >= 0.3 is 0 Å². The van der Waals surface area contributed by atoms with Crippen molar-refractivity contribution in [3.8, 4) is 11.1 Å². The summed E-state index contributed by atoms with van der Waals surface area (Å²) in [5.74, 6) is 0.580. The lowest BCUT2D eigenvalue weighted by Crippen LogP contribution is -2.25. The predicted octanol–water partition coefficient (Wildman–Crippen LogP) is 6.54. The molecule has 0 amide bonds. The number of aryl methyl sites for hydroxylation is 2. The molecule has 0 aliphatic carbocycles. The van der Waals surface area contributed by atoms with Crippen LogP contribution in [0.4, 0.5) is 15.9 Å². The van der Waals surface area contributed by atoms with E-state index in [4.69, 9.17) is 11.6 Å². The minimum Gasteiger partial charge on any atom is -0.325 e.